The predicted molar refractivity (Wildman–Crippen MR) is 118 cm³/mol. The number of hydrogen-bond donors (Lipinski definition) is 0. The number of nitrogens with zero attached hydrogens (tertiary/aromatic N) is 3. The van der Waals surface area contributed by atoms with Crippen LogP contribution in [0.1, 0.15) is 49.7 Å². The van der Waals surface area contributed by atoms with Crippen LogP contribution in [0.2, 0.25) is 0 Å². The SMILES string of the molecule is O=C(OC(C(F)(F)F)C(F)(F)F)N1CCC2(CCCN2Cc2ccc(C(F)(F)F)c(N3CCCC3)c2)CC1. The van der Waals surface area contributed by atoms with Crippen molar-refractivity contribution in [2.45, 2.75) is 75.2 Å². The van der Waals surface area contributed by atoms with Crippen molar-refractivity contribution < 1.29 is 49.0 Å². The molecule has 3 aliphatic rings. The Kier molecular flexibility index (Phi) is 7.76. The molecule has 3 saturated heterocycles. The monoisotopic (exact) mass is 561 g/mol. The van der Waals surface area contributed by atoms with Gasteiger partial charge in [0, 0.05) is 44.0 Å². The van der Waals surface area contributed by atoms with Crippen LogP contribution in [-0.4, -0.2) is 72.6 Å². The lowest BCUT2D eigenvalue weighted by Gasteiger charge is -2.45. The highest BCUT2D eigenvalue weighted by molar-refractivity contribution is 5.68. The van der Waals surface area contributed by atoms with Crippen LogP contribution in [0.5, 0.6) is 0 Å². The summed E-state index contributed by atoms with van der Waals surface area (Å²) in [6.45, 7) is 1.86. The van der Waals surface area contributed by atoms with Gasteiger partial charge in [0.1, 0.15) is 0 Å². The summed E-state index contributed by atoms with van der Waals surface area (Å²) < 4.78 is 121. The Bertz CT molecular complexity index is 981. The second-order valence-corrected chi connectivity index (χ2v) is 10.1. The summed E-state index contributed by atoms with van der Waals surface area (Å²) in [6.07, 6.45) is -18.3. The van der Waals surface area contributed by atoms with Gasteiger partial charge in [-0.05, 0) is 62.8 Å². The van der Waals surface area contributed by atoms with E-state index in [0.29, 0.717) is 51.0 Å². The molecule has 1 aromatic carbocycles. The second kappa shape index (κ2) is 10.3. The summed E-state index contributed by atoms with van der Waals surface area (Å²) in [5, 5.41) is 0. The average molecular weight is 561 g/mol. The van der Waals surface area contributed by atoms with Gasteiger partial charge in [-0.25, -0.2) is 4.79 Å². The first-order valence-corrected chi connectivity index (χ1v) is 12.4. The maximum atomic E-state index is 13.6. The van der Waals surface area contributed by atoms with E-state index in [1.807, 2.05) is 0 Å². The summed E-state index contributed by atoms with van der Waals surface area (Å²) in [4.78, 5) is 16.8. The van der Waals surface area contributed by atoms with E-state index in [-0.39, 0.29) is 18.8 Å². The zero-order chi connectivity index (χ0) is 27.9. The van der Waals surface area contributed by atoms with E-state index in [1.54, 1.807) is 11.0 Å². The molecule has 3 heterocycles. The van der Waals surface area contributed by atoms with E-state index in [2.05, 4.69) is 9.64 Å². The molecule has 0 N–H and O–H groups in total. The quantitative estimate of drug-likeness (QED) is 0.401. The number of ether oxygens (including phenoxy) is 1. The van der Waals surface area contributed by atoms with E-state index < -0.39 is 41.8 Å². The van der Waals surface area contributed by atoms with E-state index >= 15 is 0 Å². The Labute approximate surface area is 213 Å². The first-order valence-electron chi connectivity index (χ1n) is 12.4. The molecule has 0 atom stereocenters. The fourth-order valence-electron chi connectivity index (χ4n) is 5.76. The van der Waals surface area contributed by atoms with Crippen molar-refractivity contribution in [2.24, 2.45) is 0 Å². The molecule has 1 amide bonds. The van der Waals surface area contributed by atoms with Crippen molar-refractivity contribution in [3.8, 4) is 0 Å². The van der Waals surface area contributed by atoms with Crippen LogP contribution >= 0.6 is 0 Å². The van der Waals surface area contributed by atoms with Gasteiger partial charge in [0.25, 0.3) is 6.10 Å². The van der Waals surface area contributed by atoms with Crippen molar-refractivity contribution in [1.82, 2.24) is 9.80 Å². The minimum atomic E-state index is -5.79. The van der Waals surface area contributed by atoms with Gasteiger partial charge in [-0.15, -0.1) is 0 Å². The third kappa shape index (κ3) is 6.09. The number of carbonyl (C=O) groups is 1. The largest absolute Gasteiger partial charge is 0.434 e. The number of anilines is 1. The number of likely N-dealkylation sites (tertiary alicyclic amines) is 2. The van der Waals surface area contributed by atoms with Crippen LogP contribution in [0.4, 0.5) is 50.0 Å². The van der Waals surface area contributed by atoms with Crippen LogP contribution in [0.15, 0.2) is 18.2 Å². The van der Waals surface area contributed by atoms with Crippen LogP contribution in [0.25, 0.3) is 0 Å². The summed E-state index contributed by atoms with van der Waals surface area (Å²) in [7, 11) is 0. The van der Waals surface area contributed by atoms with Crippen molar-refractivity contribution in [2.75, 3.05) is 37.6 Å². The highest BCUT2D eigenvalue weighted by Crippen LogP contribution is 2.42. The lowest BCUT2D eigenvalue weighted by atomic mass is 9.85. The molecule has 1 aromatic rings. The molecule has 3 fully saturated rings. The summed E-state index contributed by atoms with van der Waals surface area (Å²) in [5.74, 6) is 0. The van der Waals surface area contributed by atoms with Crippen LogP contribution in [0.3, 0.4) is 0 Å². The number of hydrogen-bond acceptors (Lipinski definition) is 4. The molecule has 4 rings (SSSR count). The minimum absolute atomic E-state index is 0.0934. The molecule has 214 valence electrons. The van der Waals surface area contributed by atoms with Gasteiger partial charge in [-0.3, -0.25) is 4.90 Å². The van der Waals surface area contributed by atoms with Gasteiger partial charge >= 0.3 is 24.6 Å². The summed E-state index contributed by atoms with van der Waals surface area (Å²) in [6, 6.07) is 4.08. The Balaban J connectivity index is 1.44. The minimum Gasteiger partial charge on any atom is -0.426 e. The van der Waals surface area contributed by atoms with Crippen molar-refractivity contribution in [3.05, 3.63) is 29.3 Å². The third-order valence-electron chi connectivity index (χ3n) is 7.69. The second-order valence-electron chi connectivity index (χ2n) is 10.1. The molecule has 0 radical (unpaired) electrons. The number of piperidine rings is 1. The lowest BCUT2D eigenvalue weighted by Crippen LogP contribution is -2.54. The molecule has 0 saturated carbocycles. The van der Waals surface area contributed by atoms with Gasteiger partial charge in [-0.2, -0.15) is 39.5 Å². The highest BCUT2D eigenvalue weighted by atomic mass is 19.4. The van der Waals surface area contributed by atoms with Crippen LogP contribution in [-0.2, 0) is 17.5 Å². The van der Waals surface area contributed by atoms with Gasteiger partial charge in [0.15, 0.2) is 0 Å². The topological polar surface area (TPSA) is 36.0 Å². The predicted octanol–water partition coefficient (Wildman–Crippen LogP) is 6.37. The number of alkyl halides is 9. The number of amides is 1. The molecule has 14 heteroatoms. The fourth-order valence-corrected chi connectivity index (χ4v) is 5.76. The number of halogens is 9. The Morgan fingerprint density at radius 3 is 2.00 bits per heavy atom. The van der Waals surface area contributed by atoms with E-state index in [9.17, 15) is 44.3 Å². The number of carbonyl (C=O) groups excluding carboxylic acids is 1. The molecule has 3 aliphatic heterocycles. The molecular formula is C24H28F9N3O2. The van der Waals surface area contributed by atoms with Crippen molar-refractivity contribution in [1.29, 1.82) is 0 Å². The first kappa shape index (κ1) is 28.6. The standard InChI is InChI=1S/C24H28F9N3O2/c25-22(26,27)17-5-4-16(14-18(17)34-9-1-2-10-34)15-36-11-3-6-21(36)7-12-35(13-8-21)20(37)38-19(23(28,29)30)24(31,32)33/h4-5,14,19H,1-3,6-13,15H2. The zero-order valence-corrected chi connectivity index (χ0v) is 20.4. The summed E-state index contributed by atoms with van der Waals surface area (Å²) in [5.41, 5.74) is -0.327. The molecule has 0 unspecified atom stereocenters. The van der Waals surface area contributed by atoms with Crippen molar-refractivity contribution in [3.63, 3.8) is 0 Å². The summed E-state index contributed by atoms with van der Waals surface area (Å²) >= 11 is 0. The Morgan fingerprint density at radius 1 is 0.842 bits per heavy atom. The van der Waals surface area contributed by atoms with Crippen LogP contribution in [0, 0.1) is 0 Å². The molecular weight excluding hydrogens is 533 g/mol. The Hall–Kier alpha value is -2.38. The molecule has 0 aliphatic carbocycles. The normalized spacial score (nSPS) is 21.1. The van der Waals surface area contributed by atoms with E-state index in [1.165, 1.54) is 6.07 Å². The molecule has 0 bridgehead atoms. The third-order valence-corrected chi connectivity index (χ3v) is 7.69. The number of benzene rings is 1. The molecule has 5 nitrogen and oxygen atoms in total. The zero-order valence-electron chi connectivity index (χ0n) is 20.4. The first-order chi connectivity index (χ1) is 17.6. The van der Waals surface area contributed by atoms with Crippen LogP contribution < -0.4 is 4.90 Å². The number of rotatable bonds is 4. The lowest BCUT2D eigenvalue weighted by molar-refractivity contribution is -0.308. The fraction of sp³-hybridized carbons (Fsp3) is 0.708. The highest BCUT2D eigenvalue weighted by Gasteiger charge is 2.60. The van der Waals surface area contributed by atoms with Gasteiger partial charge in [0.2, 0.25) is 0 Å². The van der Waals surface area contributed by atoms with Gasteiger partial charge < -0.3 is 14.5 Å². The van der Waals surface area contributed by atoms with E-state index in [4.69, 9.17) is 0 Å². The maximum Gasteiger partial charge on any atom is 0.434 e. The molecule has 38 heavy (non-hydrogen) atoms. The van der Waals surface area contributed by atoms with Gasteiger partial charge in [0.05, 0.1) is 5.56 Å². The smallest absolute Gasteiger partial charge is 0.426 e. The average Bonchev–Trinajstić information content (AvgIpc) is 3.47. The Morgan fingerprint density at radius 2 is 1.45 bits per heavy atom. The molecule has 0 aromatic heterocycles. The van der Waals surface area contributed by atoms with Gasteiger partial charge in [-0.1, -0.05) is 6.07 Å². The van der Waals surface area contributed by atoms with E-state index in [0.717, 1.165) is 30.2 Å². The molecule has 1 spiro atoms. The maximum absolute atomic E-state index is 13.6. The van der Waals surface area contributed by atoms with Crippen molar-refractivity contribution >= 4 is 11.8 Å².